The molecule has 1 aromatic heterocycles. The van der Waals surface area contributed by atoms with Crippen molar-refractivity contribution in [2.75, 3.05) is 12.0 Å². The summed E-state index contributed by atoms with van der Waals surface area (Å²) in [7, 11) is 3.38. The second-order valence-electron chi connectivity index (χ2n) is 7.39. The van der Waals surface area contributed by atoms with Gasteiger partial charge in [-0.25, -0.2) is 14.7 Å². The van der Waals surface area contributed by atoms with Gasteiger partial charge in [0.1, 0.15) is 23.7 Å². The van der Waals surface area contributed by atoms with Crippen molar-refractivity contribution in [3.05, 3.63) is 78.4 Å². The van der Waals surface area contributed by atoms with Gasteiger partial charge < -0.3 is 19.9 Å². The molecule has 164 valence electrons. The van der Waals surface area contributed by atoms with Crippen molar-refractivity contribution in [2.24, 2.45) is 7.05 Å². The standard InChI is InChI=1S/C23H23N5O4/c1-27-13-12-24-21(27)20(15-6-4-3-5-7-15)26-19(29)14-18-22(30)28(23(31)25-18)16-8-10-17(32-2)11-9-16/h3-13,18,20H,14H2,1-2H3,(H,25,31)(H,26,29)/t18-,20?/m0/s1. The van der Waals surface area contributed by atoms with E-state index in [0.29, 0.717) is 17.3 Å². The van der Waals surface area contributed by atoms with Gasteiger partial charge in [0.05, 0.1) is 19.2 Å². The first-order chi connectivity index (χ1) is 15.5. The maximum absolute atomic E-state index is 12.9. The van der Waals surface area contributed by atoms with E-state index >= 15 is 0 Å². The largest absolute Gasteiger partial charge is 0.497 e. The van der Waals surface area contributed by atoms with Crippen LogP contribution < -0.4 is 20.3 Å². The molecule has 0 aliphatic carbocycles. The fourth-order valence-electron chi connectivity index (χ4n) is 3.65. The van der Waals surface area contributed by atoms with Crippen LogP contribution in [0.5, 0.6) is 5.75 Å². The Kier molecular flexibility index (Phi) is 5.89. The highest BCUT2D eigenvalue weighted by Crippen LogP contribution is 2.24. The van der Waals surface area contributed by atoms with E-state index in [-0.39, 0.29) is 12.3 Å². The summed E-state index contributed by atoms with van der Waals surface area (Å²) in [5, 5.41) is 5.54. The Hall–Kier alpha value is -4.14. The Bertz CT molecular complexity index is 1130. The molecule has 4 amide bonds. The Balaban J connectivity index is 1.48. The molecule has 0 spiro atoms. The van der Waals surface area contributed by atoms with Crippen molar-refractivity contribution in [3.63, 3.8) is 0 Å². The summed E-state index contributed by atoms with van der Waals surface area (Å²) in [5.41, 5.74) is 1.27. The highest BCUT2D eigenvalue weighted by Gasteiger charge is 2.40. The number of rotatable bonds is 7. The molecule has 1 unspecified atom stereocenters. The van der Waals surface area contributed by atoms with Gasteiger partial charge in [0.15, 0.2) is 0 Å². The molecule has 32 heavy (non-hydrogen) atoms. The minimum atomic E-state index is -0.956. The van der Waals surface area contributed by atoms with Crippen LogP contribution in [0.2, 0.25) is 0 Å². The first-order valence-electron chi connectivity index (χ1n) is 10.1. The van der Waals surface area contributed by atoms with Crippen molar-refractivity contribution in [1.29, 1.82) is 0 Å². The van der Waals surface area contributed by atoms with E-state index in [2.05, 4.69) is 15.6 Å². The predicted octanol–water partition coefficient (Wildman–Crippen LogP) is 2.15. The molecule has 0 bridgehead atoms. The van der Waals surface area contributed by atoms with Crippen LogP contribution >= 0.6 is 0 Å². The summed E-state index contributed by atoms with van der Waals surface area (Å²) >= 11 is 0. The lowest BCUT2D eigenvalue weighted by atomic mass is 10.1. The topological polar surface area (TPSA) is 106 Å². The quantitative estimate of drug-likeness (QED) is 0.556. The number of benzene rings is 2. The number of urea groups is 1. The number of amides is 4. The first kappa shape index (κ1) is 21.1. The lowest BCUT2D eigenvalue weighted by molar-refractivity contribution is -0.126. The lowest BCUT2D eigenvalue weighted by Crippen LogP contribution is -2.38. The van der Waals surface area contributed by atoms with Crippen LogP contribution in [0.4, 0.5) is 10.5 Å². The normalized spacial score (nSPS) is 16.6. The van der Waals surface area contributed by atoms with Gasteiger partial charge in [-0.15, -0.1) is 0 Å². The molecule has 0 saturated carbocycles. The number of methoxy groups -OCH3 is 1. The zero-order valence-corrected chi connectivity index (χ0v) is 17.7. The monoisotopic (exact) mass is 433 g/mol. The zero-order valence-electron chi connectivity index (χ0n) is 17.7. The zero-order chi connectivity index (χ0) is 22.7. The Morgan fingerprint density at radius 3 is 2.50 bits per heavy atom. The molecular weight excluding hydrogens is 410 g/mol. The highest BCUT2D eigenvalue weighted by molar-refractivity contribution is 6.22. The number of nitrogens with zero attached hydrogens (tertiary/aromatic N) is 3. The molecular formula is C23H23N5O4. The van der Waals surface area contributed by atoms with Gasteiger partial charge in [-0.3, -0.25) is 9.59 Å². The highest BCUT2D eigenvalue weighted by atomic mass is 16.5. The molecule has 3 aromatic rings. The number of carbonyl (C=O) groups is 3. The molecule has 2 aromatic carbocycles. The molecule has 9 heteroatoms. The third-order valence-corrected chi connectivity index (χ3v) is 5.29. The SMILES string of the molecule is COc1ccc(N2C(=O)N[C@@H](CC(=O)NC(c3ccccc3)c3nccn3C)C2=O)cc1. The van der Waals surface area contributed by atoms with Crippen molar-refractivity contribution in [3.8, 4) is 5.75 Å². The lowest BCUT2D eigenvalue weighted by Gasteiger charge is -2.20. The molecule has 1 fully saturated rings. The molecule has 2 heterocycles. The van der Waals surface area contributed by atoms with Crippen LogP contribution in [0.3, 0.4) is 0 Å². The van der Waals surface area contributed by atoms with Crippen molar-refractivity contribution < 1.29 is 19.1 Å². The van der Waals surface area contributed by atoms with E-state index in [9.17, 15) is 14.4 Å². The number of aromatic nitrogens is 2. The van der Waals surface area contributed by atoms with Crippen LogP contribution in [0.25, 0.3) is 0 Å². The summed E-state index contributed by atoms with van der Waals surface area (Å²) in [6.07, 6.45) is 3.26. The van der Waals surface area contributed by atoms with E-state index in [0.717, 1.165) is 10.5 Å². The van der Waals surface area contributed by atoms with Crippen LogP contribution in [0, 0.1) is 0 Å². The Morgan fingerprint density at radius 2 is 1.88 bits per heavy atom. The summed E-state index contributed by atoms with van der Waals surface area (Å²) in [6, 6.07) is 14.0. The summed E-state index contributed by atoms with van der Waals surface area (Å²) in [5.74, 6) is 0.407. The Labute approximate surface area is 185 Å². The number of nitrogens with one attached hydrogen (secondary N) is 2. The molecule has 1 aliphatic heterocycles. The summed E-state index contributed by atoms with van der Waals surface area (Å²) in [6.45, 7) is 0. The summed E-state index contributed by atoms with van der Waals surface area (Å²) in [4.78, 5) is 43.6. The smallest absolute Gasteiger partial charge is 0.329 e. The summed E-state index contributed by atoms with van der Waals surface area (Å²) < 4.78 is 6.93. The average Bonchev–Trinajstić information content (AvgIpc) is 3.35. The van der Waals surface area contributed by atoms with Gasteiger partial charge in [0.2, 0.25) is 5.91 Å². The minimum Gasteiger partial charge on any atom is -0.497 e. The molecule has 2 N–H and O–H groups in total. The van der Waals surface area contributed by atoms with Gasteiger partial charge >= 0.3 is 6.03 Å². The molecule has 4 rings (SSSR count). The molecule has 2 atom stereocenters. The van der Waals surface area contributed by atoms with Crippen LogP contribution in [-0.4, -0.2) is 40.5 Å². The second-order valence-corrected chi connectivity index (χ2v) is 7.39. The number of aryl methyl sites for hydroxylation is 1. The van der Waals surface area contributed by atoms with Crippen molar-refractivity contribution in [1.82, 2.24) is 20.2 Å². The van der Waals surface area contributed by atoms with E-state index in [4.69, 9.17) is 4.74 Å². The minimum absolute atomic E-state index is 0.189. The third-order valence-electron chi connectivity index (χ3n) is 5.29. The van der Waals surface area contributed by atoms with E-state index in [1.54, 1.807) is 36.7 Å². The number of anilines is 1. The number of imide groups is 1. The number of imidazole rings is 1. The molecule has 9 nitrogen and oxygen atoms in total. The van der Waals surface area contributed by atoms with Gasteiger partial charge in [0, 0.05) is 19.4 Å². The average molecular weight is 433 g/mol. The van der Waals surface area contributed by atoms with E-state index in [1.165, 1.54) is 7.11 Å². The molecule has 1 aliphatic rings. The Morgan fingerprint density at radius 1 is 1.16 bits per heavy atom. The van der Waals surface area contributed by atoms with E-state index < -0.39 is 24.0 Å². The van der Waals surface area contributed by atoms with E-state index in [1.807, 2.05) is 41.9 Å². The van der Waals surface area contributed by atoms with Gasteiger partial charge in [-0.05, 0) is 29.8 Å². The van der Waals surface area contributed by atoms with Crippen LogP contribution in [0.15, 0.2) is 67.0 Å². The van der Waals surface area contributed by atoms with Gasteiger partial charge in [0.25, 0.3) is 5.91 Å². The van der Waals surface area contributed by atoms with Gasteiger partial charge in [-0.2, -0.15) is 0 Å². The first-order valence-corrected chi connectivity index (χ1v) is 10.1. The fourth-order valence-corrected chi connectivity index (χ4v) is 3.65. The number of hydrogen-bond donors (Lipinski definition) is 2. The maximum atomic E-state index is 12.9. The van der Waals surface area contributed by atoms with Gasteiger partial charge in [-0.1, -0.05) is 30.3 Å². The maximum Gasteiger partial charge on any atom is 0.329 e. The number of ether oxygens (including phenoxy) is 1. The van der Waals surface area contributed by atoms with Crippen molar-refractivity contribution in [2.45, 2.75) is 18.5 Å². The fraction of sp³-hybridized carbons (Fsp3) is 0.217. The number of hydrogen-bond acceptors (Lipinski definition) is 5. The number of carbonyl (C=O) groups excluding carboxylic acids is 3. The second kappa shape index (κ2) is 8.93. The van der Waals surface area contributed by atoms with Crippen molar-refractivity contribution >= 4 is 23.5 Å². The predicted molar refractivity (Wildman–Crippen MR) is 117 cm³/mol. The molecule has 0 radical (unpaired) electrons. The van der Waals surface area contributed by atoms with Crippen LogP contribution in [-0.2, 0) is 16.6 Å². The molecule has 1 saturated heterocycles. The third kappa shape index (κ3) is 4.18. The van der Waals surface area contributed by atoms with Crippen LogP contribution in [0.1, 0.15) is 23.9 Å².